The summed E-state index contributed by atoms with van der Waals surface area (Å²) in [6, 6.07) is 13.5. The van der Waals surface area contributed by atoms with Crippen LogP contribution in [0.2, 0.25) is 0 Å². The van der Waals surface area contributed by atoms with E-state index in [0.717, 1.165) is 23.4 Å². The lowest BCUT2D eigenvalue weighted by molar-refractivity contribution is -0.115. The molecule has 0 spiro atoms. The molecule has 0 fully saturated rings. The van der Waals surface area contributed by atoms with E-state index in [4.69, 9.17) is 5.73 Å². The number of anilines is 2. The number of nitrogens with two attached hydrogens (primary N) is 1. The number of benzene rings is 2. The Kier molecular flexibility index (Phi) is 9.44. The molecule has 0 heterocycles. The van der Waals surface area contributed by atoms with Crippen molar-refractivity contribution in [1.82, 2.24) is 4.90 Å². The highest BCUT2D eigenvalue weighted by molar-refractivity contribution is 5.93. The fourth-order valence-electron chi connectivity index (χ4n) is 2.33. The number of carbonyl (C=O) groups is 1. The summed E-state index contributed by atoms with van der Waals surface area (Å²) < 4.78 is 0. The van der Waals surface area contributed by atoms with E-state index in [0.29, 0.717) is 12.1 Å². The standard InChI is InChI=1S/C18H23N3O.2ClH/c1-13-4-9-17(15(10-13)12-21(2)3)20-18(22)11-14-5-7-16(19)8-6-14;;/h4-10H,11-12,19H2,1-3H3,(H,20,22);2*1H. The molecule has 0 saturated carbocycles. The summed E-state index contributed by atoms with van der Waals surface area (Å²) in [5, 5.41) is 3.01. The molecular formula is C18H25Cl2N3O. The molecule has 3 N–H and O–H groups in total. The van der Waals surface area contributed by atoms with Crippen LogP contribution in [-0.4, -0.2) is 24.9 Å². The van der Waals surface area contributed by atoms with Crippen LogP contribution in [0.4, 0.5) is 11.4 Å². The van der Waals surface area contributed by atoms with E-state index >= 15 is 0 Å². The molecule has 0 aromatic heterocycles. The lowest BCUT2D eigenvalue weighted by atomic mass is 10.1. The maximum Gasteiger partial charge on any atom is 0.228 e. The minimum absolute atomic E-state index is 0. The van der Waals surface area contributed by atoms with Crippen LogP contribution in [-0.2, 0) is 17.8 Å². The number of carbonyl (C=O) groups excluding carboxylic acids is 1. The summed E-state index contributed by atoms with van der Waals surface area (Å²) in [6.07, 6.45) is 0.343. The molecule has 2 rings (SSSR count). The third kappa shape index (κ3) is 6.79. The van der Waals surface area contributed by atoms with Crippen molar-refractivity contribution in [2.24, 2.45) is 0 Å². The molecule has 0 aliphatic rings. The third-order valence-corrected chi connectivity index (χ3v) is 3.37. The topological polar surface area (TPSA) is 58.4 Å². The van der Waals surface area contributed by atoms with Gasteiger partial charge in [0.1, 0.15) is 0 Å². The summed E-state index contributed by atoms with van der Waals surface area (Å²) >= 11 is 0. The number of nitrogen functional groups attached to an aromatic ring is 1. The minimum atomic E-state index is -0.0198. The van der Waals surface area contributed by atoms with Crippen LogP contribution in [0.15, 0.2) is 42.5 Å². The number of rotatable bonds is 5. The highest BCUT2D eigenvalue weighted by Crippen LogP contribution is 2.19. The SMILES string of the molecule is Cc1ccc(NC(=O)Cc2ccc(N)cc2)c(CN(C)C)c1.Cl.Cl. The quantitative estimate of drug-likeness (QED) is 0.790. The number of amides is 1. The Balaban J connectivity index is 0.00000264. The van der Waals surface area contributed by atoms with Crippen LogP contribution in [0.3, 0.4) is 0 Å². The predicted octanol–water partition coefficient (Wildman–Crippen LogP) is 3.66. The van der Waals surface area contributed by atoms with E-state index in [9.17, 15) is 4.79 Å². The van der Waals surface area contributed by atoms with Crippen molar-refractivity contribution in [2.75, 3.05) is 25.1 Å². The van der Waals surface area contributed by atoms with Gasteiger partial charge >= 0.3 is 0 Å². The van der Waals surface area contributed by atoms with Gasteiger partial charge in [-0.3, -0.25) is 4.79 Å². The maximum absolute atomic E-state index is 12.2. The minimum Gasteiger partial charge on any atom is -0.399 e. The largest absolute Gasteiger partial charge is 0.399 e. The molecule has 0 unspecified atom stereocenters. The van der Waals surface area contributed by atoms with Gasteiger partial charge in [0, 0.05) is 17.9 Å². The molecule has 6 heteroatoms. The molecule has 0 radical (unpaired) electrons. The zero-order valence-electron chi connectivity index (χ0n) is 14.2. The number of nitrogens with zero attached hydrogens (tertiary/aromatic N) is 1. The van der Waals surface area contributed by atoms with Gasteiger partial charge in [0.15, 0.2) is 0 Å². The van der Waals surface area contributed by atoms with E-state index in [2.05, 4.69) is 23.2 Å². The number of hydrogen-bond acceptors (Lipinski definition) is 3. The first-order valence-electron chi connectivity index (χ1n) is 7.32. The van der Waals surface area contributed by atoms with Crippen molar-refractivity contribution >= 4 is 42.1 Å². The average molecular weight is 370 g/mol. The molecule has 2 aromatic carbocycles. The molecule has 4 nitrogen and oxygen atoms in total. The second kappa shape index (κ2) is 10.2. The number of aryl methyl sites for hydroxylation is 1. The van der Waals surface area contributed by atoms with Gasteiger partial charge in [0.25, 0.3) is 0 Å². The molecule has 0 bridgehead atoms. The van der Waals surface area contributed by atoms with Crippen molar-refractivity contribution in [3.8, 4) is 0 Å². The molecule has 0 atom stereocenters. The van der Waals surface area contributed by atoms with Gasteiger partial charge in [-0.1, -0.05) is 29.8 Å². The van der Waals surface area contributed by atoms with Gasteiger partial charge in [-0.2, -0.15) is 0 Å². The first-order valence-corrected chi connectivity index (χ1v) is 7.32. The van der Waals surface area contributed by atoms with Crippen LogP contribution in [0.25, 0.3) is 0 Å². The van der Waals surface area contributed by atoms with Crippen molar-refractivity contribution in [1.29, 1.82) is 0 Å². The van der Waals surface area contributed by atoms with Crippen molar-refractivity contribution < 1.29 is 4.79 Å². The molecule has 0 aliphatic carbocycles. The van der Waals surface area contributed by atoms with Gasteiger partial charge in [-0.05, 0) is 50.3 Å². The Bertz CT molecular complexity index is 658. The second-order valence-electron chi connectivity index (χ2n) is 5.86. The number of nitrogens with one attached hydrogen (secondary N) is 1. The van der Waals surface area contributed by atoms with Crippen LogP contribution < -0.4 is 11.1 Å². The summed E-state index contributed by atoms with van der Waals surface area (Å²) in [5.41, 5.74) is 10.5. The monoisotopic (exact) mass is 369 g/mol. The summed E-state index contributed by atoms with van der Waals surface area (Å²) in [7, 11) is 4.03. The fourth-order valence-corrected chi connectivity index (χ4v) is 2.33. The first-order chi connectivity index (χ1) is 10.4. The maximum atomic E-state index is 12.2. The summed E-state index contributed by atoms with van der Waals surface area (Å²) in [5.74, 6) is -0.0198. The van der Waals surface area contributed by atoms with Crippen molar-refractivity contribution in [3.63, 3.8) is 0 Å². The molecule has 24 heavy (non-hydrogen) atoms. The predicted molar refractivity (Wildman–Crippen MR) is 106 cm³/mol. The van der Waals surface area contributed by atoms with Crippen LogP contribution in [0.5, 0.6) is 0 Å². The van der Waals surface area contributed by atoms with Gasteiger partial charge in [-0.15, -0.1) is 24.8 Å². The molecule has 132 valence electrons. The molecular weight excluding hydrogens is 345 g/mol. The zero-order chi connectivity index (χ0) is 16.1. The molecule has 0 saturated heterocycles. The fraction of sp³-hybridized carbons (Fsp3) is 0.278. The van der Waals surface area contributed by atoms with Crippen LogP contribution >= 0.6 is 24.8 Å². The number of halogens is 2. The first kappa shape index (κ1) is 22.2. The van der Waals surface area contributed by atoms with Crippen molar-refractivity contribution in [2.45, 2.75) is 19.9 Å². The highest BCUT2D eigenvalue weighted by atomic mass is 35.5. The Morgan fingerprint density at radius 1 is 1.08 bits per heavy atom. The van der Waals surface area contributed by atoms with Gasteiger partial charge in [0.2, 0.25) is 5.91 Å². The lowest BCUT2D eigenvalue weighted by Gasteiger charge is -2.16. The van der Waals surface area contributed by atoms with Crippen LogP contribution in [0.1, 0.15) is 16.7 Å². The molecule has 2 aromatic rings. The second-order valence-corrected chi connectivity index (χ2v) is 5.86. The Labute approximate surface area is 156 Å². The van der Waals surface area contributed by atoms with E-state index in [1.165, 1.54) is 5.56 Å². The third-order valence-electron chi connectivity index (χ3n) is 3.37. The highest BCUT2D eigenvalue weighted by Gasteiger charge is 2.09. The zero-order valence-corrected chi connectivity index (χ0v) is 15.8. The Morgan fingerprint density at radius 3 is 2.29 bits per heavy atom. The number of hydrogen-bond donors (Lipinski definition) is 2. The summed E-state index contributed by atoms with van der Waals surface area (Å²) in [4.78, 5) is 14.3. The molecule has 1 amide bonds. The lowest BCUT2D eigenvalue weighted by Crippen LogP contribution is -2.18. The van der Waals surface area contributed by atoms with E-state index < -0.39 is 0 Å². The average Bonchev–Trinajstić information content (AvgIpc) is 2.44. The van der Waals surface area contributed by atoms with E-state index in [-0.39, 0.29) is 30.7 Å². The normalized spacial score (nSPS) is 9.83. The van der Waals surface area contributed by atoms with Gasteiger partial charge in [-0.25, -0.2) is 0 Å². The summed E-state index contributed by atoms with van der Waals surface area (Å²) in [6.45, 7) is 2.85. The smallest absolute Gasteiger partial charge is 0.228 e. The Hall–Kier alpha value is -1.75. The van der Waals surface area contributed by atoms with E-state index in [1.54, 1.807) is 0 Å². The van der Waals surface area contributed by atoms with Gasteiger partial charge in [0.05, 0.1) is 6.42 Å². The van der Waals surface area contributed by atoms with Gasteiger partial charge < -0.3 is 16.0 Å². The van der Waals surface area contributed by atoms with E-state index in [1.807, 2.05) is 50.5 Å². The Morgan fingerprint density at radius 2 is 1.71 bits per heavy atom. The van der Waals surface area contributed by atoms with Crippen LogP contribution in [0, 0.1) is 6.92 Å². The molecule has 0 aliphatic heterocycles. The van der Waals surface area contributed by atoms with Crippen molar-refractivity contribution in [3.05, 3.63) is 59.2 Å².